The Kier molecular flexibility index (Phi) is 7.26. The monoisotopic (exact) mass is 519 g/mol. The molecule has 0 spiro atoms. The van der Waals surface area contributed by atoms with Crippen molar-refractivity contribution in [2.75, 3.05) is 0 Å². The number of rotatable bonds is 7. The summed E-state index contributed by atoms with van der Waals surface area (Å²) in [6.45, 7) is 3.35. The van der Waals surface area contributed by atoms with Crippen molar-refractivity contribution >= 4 is 11.0 Å². The summed E-state index contributed by atoms with van der Waals surface area (Å²) in [7, 11) is 0. The van der Waals surface area contributed by atoms with E-state index in [-0.39, 0.29) is 24.7 Å². The van der Waals surface area contributed by atoms with Gasteiger partial charge in [-0.15, -0.1) is 0 Å². The second kappa shape index (κ2) is 11.1. The Morgan fingerprint density at radius 1 is 0.821 bits per heavy atom. The van der Waals surface area contributed by atoms with Gasteiger partial charge < -0.3 is 24.9 Å². The molecule has 0 bridgehead atoms. The molecule has 5 aromatic rings. The van der Waals surface area contributed by atoms with Crippen molar-refractivity contribution in [1.29, 1.82) is 0 Å². The first-order valence-electron chi connectivity index (χ1n) is 13.4. The molecule has 6 heteroatoms. The second-order valence-electron chi connectivity index (χ2n) is 10.2. The molecule has 0 saturated carbocycles. The molecule has 6 rings (SSSR count). The summed E-state index contributed by atoms with van der Waals surface area (Å²) in [6.07, 6.45) is 1.05. The minimum atomic E-state index is -0.541. The van der Waals surface area contributed by atoms with Crippen molar-refractivity contribution in [2.45, 2.75) is 45.1 Å². The maximum Gasteiger partial charge on any atom is 0.185 e. The highest BCUT2D eigenvalue weighted by atomic mass is 16.7. The Bertz CT molecular complexity index is 1560. The number of hydrogen-bond donors (Lipinski definition) is 2. The Balaban J connectivity index is 1.35. The molecule has 4 aromatic carbocycles. The molecule has 0 radical (unpaired) electrons. The minimum Gasteiger partial charge on any atom is -0.392 e. The maximum absolute atomic E-state index is 9.54. The molecular weight excluding hydrogens is 486 g/mol. The first-order valence-corrected chi connectivity index (χ1v) is 13.4. The lowest BCUT2D eigenvalue weighted by molar-refractivity contribution is -0.276. The molecule has 1 aromatic heterocycles. The third-order valence-electron chi connectivity index (χ3n) is 7.68. The van der Waals surface area contributed by atoms with Crippen LogP contribution in [0.25, 0.3) is 22.2 Å². The number of ether oxygens (including phenoxy) is 2. The van der Waals surface area contributed by atoms with E-state index < -0.39 is 6.29 Å². The van der Waals surface area contributed by atoms with Crippen molar-refractivity contribution in [3.05, 3.63) is 126 Å². The summed E-state index contributed by atoms with van der Waals surface area (Å²) in [6, 6.07) is 32.8. The Morgan fingerprint density at radius 3 is 2.38 bits per heavy atom. The molecule has 0 amide bonds. The van der Waals surface area contributed by atoms with E-state index in [1.165, 1.54) is 0 Å². The molecule has 1 aliphatic rings. The molecule has 0 aliphatic carbocycles. The van der Waals surface area contributed by atoms with Crippen LogP contribution in [0.3, 0.4) is 0 Å². The van der Waals surface area contributed by atoms with E-state index in [2.05, 4.69) is 52.9 Å². The van der Waals surface area contributed by atoms with Gasteiger partial charge in [-0.05, 0) is 52.1 Å². The van der Waals surface area contributed by atoms with Gasteiger partial charge in [0.05, 0.1) is 42.7 Å². The zero-order chi connectivity index (χ0) is 26.8. The highest BCUT2D eigenvalue weighted by molar-refractivity contribution is 5.74. The predicted molar refractivity (Wildman–Crippen MR) is 152 cm³/mol. The van der Waals surface area contributed by atoms with Crippen LogP contribution in [0.4, 0.5) is 0 Å². The van der Waals surface area contributed by atoms with Crippen LogP contribution in [0.2, 0.25) is 0 Å². The number of aliphatic hydroxyl groups is 1. The van der Waals surface area contributed by atoms with Gasteiger partial charge >= 0.3 is 0 Å². The van der Waals surface area contributed by atoms with Crippen LogP contribution in [0.1, 0.15) is 41.6 Å². The number of para-hydroxylation sites is 2. The van der Waals surface area contributed by atoms with Crippen LogP contribution >= 0.6 is 0 Å². The molecule has 1 fully saturated rings. The van der Waals surface area contributed by atoms with Gasteiger partial charge in [-0.3, -0.25) is 0 Å². The highest BCUT2D eigenvalue weighted by Crippen LogP contribution is 2.42. The van der Waals surface area contributed by atoms with Gasteiger partial charge in [-0.2, -0.15) is 0 Å². The SMILES string of the molecule is C[C@@H]1[C@H](Cn2cnc3ccccc32)O[C@H](c2cccc(-c3cccc(CN)c3)c2)O[C@@H]1c1ccc(CO)cc1. The molecule has 198 valence electrons. The summed E-state index contributed by atoms with van der Waals surface area (Å²) >= 11 is 0. The molecule has 6 nitrogen and oxygen atoms in total. The lowest BCUT2D eigenvalue weighted by Gasteiger charge is -2.41. The lowest BCUT2D eigenvalue weighted by Crippen LogP contribution is -2.39. The van der Waals surface area contributed by atoms with E-state index in [0.717, 1.165) is 44.4 Å². The number of nitrogens with two attached hydrogens (primary N) is 1. The quantitative estimate of drug-likeness (QED) is 0.270. The summed E-state index contributed by atoms with van der Waals surface area (Å²) in [5.41, 5.74) is 14.2. The standard InChI is InChI=1S/C33H33N3O3/c1-22-31(19-36-21-35-29-10-2-3-11-30(29)36)38-33(39-32(22)25-14-12-23(20-37)13-15-25)28-9-5-8-27(17-28)26-7-4-6-24(16-26)18-34/h2-17,21-22,31-33,37H,18-20,34H2,1H3/t22-,31+,32+,33+/m1/s1. The van der Waals surface area contributed by atoms with Gasteiger partial charge in [0.25, 0.3) is 0 Å². The Morgan fingerprint density at radius 2 is 1.59 bits per heavy atom. The molecule has 39 heavy (non-hydrogen) atoms. The Hall–Kier alpha value is -3.81. The number of imidazole rings is 1. The molecule has 1 saturated heterocycles. The smallest absolute Gasteiger partial charge is 0.185 e. The topological polar surface area (TPSA) is 82.5 Å². The predicted octanol–water partition coefficient (Wildman–Crippen LogP) is 6.15. The van der Waals surface area contributed by atoms with Crippen LogP contribution in [-0.2, 0) is 29.2 Å². The molecule has 1 aliphatic heterocycles. The number of aromatic nitrogens is 2. The summed E-state index contributed by atoms with van der Waals surface area (Å²) in [5, 5.41) is 9.54. The van der Waals surface area contributed by atoms with E-state index in [9.17, 15) is 5.11 Å². The summed E-state index contributed by atoms with van der Waals surface area (Å²) in [5.74, 6) is 0.0757. The zero-order valence-electron chi connectivity index (χ0n) is 22.0. The number of nitrogens with zero attached hydrogens (tertiary/aromatic N) is 2. The Labute approximate surface area is 228 Å². The largest absolute Gasteiger partial charge is 0.392 e. The highest BCUT2D eigenvalue weighted by Gasteiger charge is 2.38. The van der Waals surface area contributed by atoms with E-state index in [4.69, 9.17) is 15.2 Å². The fourth-order valence-electron chi connectivity index (χ4n) is 5.42. The first kappa shape index (κ1) is 25.5. The van der Waals surface area contributed by atoms with Crippen LogP contribution in [0.5, 0.6) is 0 Å². The van der Waals surface area contributed by atoms with E-state index >= 15 is 0 Å². The lowest BCUT2D eigenvalue weighted by atomic mass is 9.90. The maximum atomic E-state index is 9.54. The molecule has 2 heterocycles. The van der Waals surface area contributed by atoms with Gasteiger partial charge in [-0.1, -0.05) is 79.7 Å². The van der Waals surface area contributed by atoms with Gasteiger partial charge in [-0.25, -0.2) is 4.98 Å². The van der Waals surface area contributed by atoms with Crippen LogP contribution in [-0.4, -0.2) is 20.8 Å². The molecule has 0 unspecified atom stereocenters. The van der Waals surface area contributed by atoms with E-state index in [1.54, 1.807) is 0 Å². The molecular formula is C33H33N3O3. The average molecular weight is 520 g/mol. The van der Waals surface area contributed by atoms with Crippen molar-refractivity contribution in [2.24, 2.45) is 11.7 Å². The van der Waals surface area contributed by atoms with E-state index in [1.807, 2.05) is 67.0 Å². The first-order chi connectivity index (χ1) is 19.1. The normalized spacial score (nSPS) is 21.3. The third-order valence-corrected chi connectivity index (χ3v) is 7.68. The molecule has 4 atom stereocenters. The van der Waals surface area contributed by atoms with Crippen molar-refractivity contribution in [3.63, 3.8) is 0 Å². The zero-order valence-corrected chi connectivity index (χ0v) is 22.0. The summed E-state index contributed by atoms with van der Waals surface area (Å²) in [4.78, 5) is 4.59. The van der Waals surface area contributed by atoms with Gasteiger partial charge in [0.2, 0.25) is 0 Å². The van der Waals surface area contributed by atoms with Gasteiger partial charge in [0.15, 0.2) is 6.29 Å². The summed E-state index contributed by atoms with van der Waals surface area (Å²) < 4.78 is 15.6. The number of fused-ring (bicyclic) bond motifs is 1. The van der Waals surface area contributed by atoms with Crippen molar-refractivity contribution in [3.8, 4) is 11.1 Å². The number of benzene rings is 4. The van der Waals surface area contributed by atoms with Crippen molar-refractivity contribution < 1.29 is 14.6 Å². The van der Waals surface area contributed by atoms with Crippen LogP contribution in [0, 0.1) is 5.92 Å². The number of aliphatic hydroxyl groups excluding tert-OH is 1. The minimum absolute atomic E-state index is 0.0154. The average Bonchev–Trinajstić information content (AvgIpc) is 3.41. The van der Waals surface area contributed by atoms with Crippen LogP contribution < -0.4 is 5.73 Å². The molecule has 3 N–H and O–H groups in total. The van der Waals surface area contributed by atoms with Crippen molar-refractivity contribution in [1.82, 2.24) is 9.55 Å². The van der Waals surface area contributed by atoms with E-state index in [0.29, 0.717) is 13.1 Å². The third kappa shape index (κ3) is 5.24. The fourth-order valence-corrected chi connectivity index (χ4v) is 5.42. The fraction of sp³-hybridized carbons (Fsp3) is 0.242. The van der Waals surface area contributed by atoms with Gasteiger partial charge in [0, 0.05) is 18.0 Å². The van der Waals surface area contributed by atoms with Crippen LogP contribution in [0.15, 0.2) is 103 Å². The number of hydrogen-bond acceptors (Lipinski definition) is 5. The van der Waals surface area contributed by atoms with Gasteiger partial charge in [0.1, 0.15) is 0 Å². The second-order valence-corrected chi connectivity index (χ2v) is 10.2.